The number of likely N-dealkylation sites (tertiary alicyclic amines) is 1. The number of amides is 2. The van der Waals surface area contributed by atoms with Crippen LogP contribution in [0.25, 0.3) is 0 Å². The van der Waals surface area contributed by atoms with Crippen molar-refractivity contribution in [2.24, 2.45) is 11.3 Å². The lowest BCUT2D eigenvalue weighted by atomic mass is 9.66. The zero-order chi connectivity index (χ0) is 24.4. The van der Waals surface area contributed by atoms with Crippen LogP contribution >= 0.6 is 11.6 Å². The van der Waals surface area contributed by atoms with Crippen LogP contribution < -0.4 is 5.32 Å². The first kappa shape index (κ1) is 25.2. The van der Waals surface area contributed by atoms with Crippen LogP contribution in [0.5, 0.6) is 0 Å². The number of rotatable bonds is 6. The van der Waals surface area contributed by atoms with Gasteiger partial charge in [0.15, 0.2) is 0 Å². The van der Waals surface area contributed by atoms with Crippen LogP contribution in [0.15, 0.2) is 48.5 Å². The van der Waals surface area contributed by atoms with Crippen molar-refractivity contribution < 1.29 is 19.8 Å². The van der Waals surface area contributed by atoms with E-state index in [9.17, 15) is 19.8 Å². The monoisotopic (exact) mass is 472 g/mol. The maximum absolute atomic E-state index is 13.5. The summed E-state index contributed by atoms with van der Waals surface area (Å²) in [6, 6.07) is 13.2. The van der Waals surface area contributed by atoms with E-state index in [-0.39, 0.29) is 24.3 Å². The molecule has 1 aliphatic rings. The summed E-state index contributed by atoms with van der Waals surface area (Å²) in [4.78, 5) is 28.1. The van der Waals surface area contributed by atoms with Gasteiger partial charge in [0, 0.05) is 29.1 Å². The summed E-state index contributed by atoms with van der Waals surface area (Å²) in [5, 5.41) is 24.4. The summed E-state index contributed by atoms with van der Waals surface area (Å²) < 4.78 is 0. The second kappa shape index (κ2) is 9.84. The summed E-state index contributed by atoms with van der Waals surface area (Å²) in [6.45, 7) is 8.25. The van der Waals surface area contributed by atoms with Gasteiger partial charge in [-0.1, -0.05) is 63.6 Å². The molecular formula is C26H33ClN2O4. The minimum absolute atomic E-state index is 0.123. The number of aliphatic hydroxyl groups is 2. The van der Waals surface area contributed by atoms with Gasteiger partial charge in [-0.15, -0.1) is 0 Å². The van der Waals surface area contributed by atoms with Gasteiger partial charge in [0.2, 0.25) is 5.91 Å². The number of piperidine rings is 1. The molecule has 7 heteroatoms. The fraction of sp³-hybridized carbons (Fsp3) is 0.462. The normalized spacial score (nSPS) is 21.0. The average Bonchev–Trinajstić information content (AvgIpc) is 2.78. The number of benzene rings is 2. The Hall–Kier alpha value is -2.41. The third kappa shape index (κ3) is 5.24. The maximum atomic E-state index is 13.5. The number of carbonyl (C=O) groups excluding carboxylic acids is 2. The van der Waals surface area contributed by atoms with E-state index in [4.69, 9.17) is 11.6 Å². The number of nitrogens with zero attached hydrogens (tertiary/aromatic N) is 1. The van der Waals surface area contributed by atoms with Crippen molar-refractivity contribution in [2.75, 3.05) is 13.1 Å². The van der Waals surface area contributed by atoms with E-state index in [1.54, 1.807) is 41.3 Å². The Morgan fingerprint density at radius 1 is 1.15 bits per heavy atom. The Bertz CT molecular complexity index is 1010. The lowest BCUT2D eigenvalue weighted by molar-refractivity contribution is -0.155. The molecule has 2 unspecified atom stereocenters. The fourth-order valence-corrected chi connectivity index (χ4v) is 4.64. The lowest BCUT2D eigenvalue weighted by Gasteiger charge is -2.51. The first-order valence-electron chi connectivity index (χ1n) is 11.3. The quantitative estimate of drug-likeness (QED) is 0.597. The predicted molar refractivity (Wildman–Crippen MR) is 129 cm³/mol. The summed E-state index contributed by atoms with van der Waals surface area (Å²) in [5.74, 6) is -0.642. The SMILES string of the molecule is CC(C)C(NC(=O)c1cccc(CO)c1)C(=O)N1CCC(O)(c2ccc(Cl)cc2)C(C)(C)C1. The standard InChI is InChI=1S/C26H33ClN2O4/c1-17(2)22(28-23(31)19-7-5-6-18(14-19)15-30)24(32)29-13-12-26(33,25(3,4)16-29)20-8-10-21(27)11-9-20/h5-11,14,17,22,30,33H,12-13,15-16H2,1-4H3,(H,28,31). The molecule has 2 aromatic rings. The van der Waals surface area contributed by atoms with Gasteiger partial charge >= 0.3 is 0 Å². The van der Waals surface area contributed by atoms with Crippen LogP contribution in [0.1, 0.15) is 55.6 Å². The van der Waals surface area contributed by atoms with Gasteiger partial charge in [0.25, 0.3) is 5.91 Å². The highest BCUT2D eigenvalue weighted by atomic mass is 35.5. The number of hydrogen-bond donors (Lipinski definition) is 3. The third-order valence-corrected chi connectivity index (χ3v) is 6.93. The van der Waals surface area contributed by atoms with E-state index in [1.165, 1.54) is 0 Å². The van der Waals surface area contributed by atoms with Gasteiger partial charge in [-0.3, -0.25) is 9.59 Å². The number of aliphatic hydroxyl groups excluding tert-OH is 1. The molecule has 2 aromatic carbocycles. The highest BCUT2D eigenvalue weighted by molar-refractivity contribution is 6.30. The number of hydrogen-bond acceptors (Lipinski definition) is 4. The number of nitrogens with one attached hydrogen (secondary N) is 1. The minimum atomic E-state index is -1.10. The van der Waals surface area contributed by atoms with Crippen LogP contribution in [0, 0.1) is 11.3 Å². The molecule has 0 radical (unpaired) electrons. The van der Waals surface area contributed by atoms with Crippen LogP contribution in [-0.4, -0.2) is 46.1 Å². The summed E-state index contributed by atoms with van der Waals surface area (Å²) >= 11 is 6.02. The molecule has 2 amide bonds. The van der Waals surface area contributed by atoms with Crippen molar-refractivity contribution >= 4 is 23.4 Å². The van der Waals surface area contributed by atoms with Crippen LogP contribution in [0.2, 0.25) is 5.02 Å². The molecule has 0 bridgehead atoms. The third-order valence-electron chi connectivity index (χ3n) is 6.67. The molecule has 0 aromatic heterocycles. The Balaban J connectivity index is 1.77. The molecule has 2 atom stereocenters. The number of carbonyl (C=O) groups is 2. The van der Waals surface area contributed by atoms with E-state index in [0.29, 0.717) is 35.7 Å². The second-order valence-electron chi connectivity index (χ2n) is 9.81. The maximum Gasteiger partial charge on any atom is 0.251 e. The van der Waals surface area contributed by atoms with Gasteiger partial charge in [-0.05, 0) is 47.7 Å². The second-order valence-corrected chi connectivity index (χ2v) is 10.3. The molecule has 3 rings (SSSR count). The summed E-state index contributed by atoms with van der Waals surface area (Å²) in [5.41, 5.74) is 0.0951. The van der Waals surface area contributed by atoms with Crippen molar-refractivity contribution in [1.29, 1.82) is 0 Å². The first-order valence-corrected chi connectivity index (χ1v) is 11.6. The van der Waals surface area contributed by atoms with Gasteiger partial charge in [0.1, 0.15) is 6.04 Å². The largest absolute Gasteiger partial charge is 0.392 e. The van der Waals surface area contributed by atoms with Gasteiger partial charge in [-0.2, -0.15) is 0 Å². The zero-order valence-electron chi connectivity index (χ0n) is 19.6. The number of halogens is 1. The smallest absolute Gasteiger partial charge is 0.251 e. The Kier molecular flexibility index (Phi) is 7.52. The molecule has 6 nitrogen and oxygen atoms in total. The Morgan fingerprint density at radius 3 is 2.39 bits per heavy atom. The molecule has 0 spiro atoms. The molecular weight excluding hydrogens is 440 g/mol. The topological polar surface area (TPSA) is 89.9 Å². The Morgan fingerprint density at radius 2 is 1.82 bits per heavy atom. The van der Waals surface area contributed by atoms with Crippen LogP contribution in [-0.2, 0) is 17.0 Å². The molecule has 178 valence electrons. The highest BCUT2D eigenvalue weighted by Gasteiger charge is 2.50. The molecule has 3 N–H and O–H groups in total. The minimum Gasteiger partial charge on any atom is -0.392 e. The van der Waals surface area contributed by atoms with Crippen molar-refractivity contribution in [3.05, 3.63) is 70.2 Å². The van der Waals surface area contributed by atoms with Crippen molar-refractivity contribution in [3.8, 4) is 0 Å². The van der Waals surface area contributed by atoms with Gasteiger partial charge in [0.05, 0.1) is 12.2 Å². The average molecular weight is 473 g/mol. The van der Waals surface area contributed by atoms with Crippen molar-refractivity contribution in [3.63, 3.8) is 0 Å². The van der Waals surface area contributed by atoms with E-state index >= 15 is 0 Å². The molecule has 1 saturated heterocycles. The molecule has 0 aliphatic carbocycles. The molecule has 33 heavy (non-hydrogen) atoms. The van der Waals surface area contributed by atoms with Crippen molar-refractivity contribution in [1.82, 2.24) is 10.2 Å². The molecule has 1 fully saturated rings. The molecule has 0 saturated carbocycles. The van der Waals surface area contributed by atoms with Crippen molar-refractivity contribution in [2.45, 2.75) is 52.4 Å². The van der Waals surface area contributed by atoms with Crippen LogP contribution in [0.4, 0.5) is 0 Å². The van der Waals surface area contributed by atoms with Gasteiger partial charge in [-0.25, -0.2) is 0 Å². The lowest BCUT2D eigenvalue weighted by Crippen LogP contribution is -2.60. The van der Waals surface area contributed by atoms with E-state index in [0.717, 1.165) is 5.56 Å². The summed E-state index contributed by atoms with van der Waals surface area (Å²) in [6.07, 6.45) is 0.380. The predicted octanol–water partition coefficient (Wildman–Crippen LogP) is 3.73. The van der Waals surface area contributed by atoms with E-state index < -0.39 is 17.1 Å². The van der Waals surface area contributed by atoms with Gasteiger partial charge < -0.3 is 20.4 Å². The summed E-state index contributed by atoms with van der Waals surface area (Å²) in [7, 11) is 0. The molecule has 1 heterocycles. The zero-order valence-corrected chi connectivity index (χ0v) is 20.4. The van der Waals surface area contributed by atoms with E-state index in [2.05, 4.69) is 5.32 Å². The van der Waals surface area contributed by atoms with E-state index in [1.807, 2.05) is 39.8 Å². The highest BCUT2D eigenvalue weighted by Crippen LogP contribution is 2.46. The molecule has 1 aliphatic heterocycles. The van der Waals surface area contributed by atoms with Crippen LogP contribution in [0.3, 0.4) is 0 Å². The fourth-order valence-electron chi connectivity index (χ4n) is 4.52. The Labute approximate surface area is 200 Å². The first-order chi connectivity index (χ1) is 15.5.